The minimum absolute atomic E-state index is 0.00303. The van der Waals surface area contributed by atoms with Crippen LogP contribution in [0.15, 0.2) is 24.3 Å². The van der Waals surface area contributed by atoms with Gasteiger partial charge in [-0.25, -0.2) is 0 Å². The molecule has 1 aromatic heterocycles. The lowest BCUT2D eigenvalue weighted by molar-refractivity contribution is -0.135. The molecular formula is C19H23NO3S. The average Bonchev–Trinajstić information content (AvgIpc) is 2.88. The number of carbonyl (C=O) groups excluding carboxylic acids is 1. The summed E-state index contributed by atoms with van der Waals surface area (Å²) in [6.07, 6.45) is 0.822. The number of benzene rings is 1. The highest BCUT2D eigenvalue weighted by molar-refractivity contribution is 7.15. The van der Waals surface area contributed by atoms with E-state index in [1.54, 1.807) is 17.4 Å². The van der Waals surface area contributed by atoms with Crippen molar-refractivity contribution >= 4 is 17.2 Å². The molecule has 128 valence electrons. The van der Waals surface area contributed by atoms with Crippen molar-refractivity contribution in [3.8, 4) is 21.9 Å². The van der Waals surface area contributed by atoms with Crippen LogP contribution < -0.4 is 4.74 Å². The number of thiophene rings is 1. The summed E-state index contributed by atoms with van der Waals surface area (Å²) in [5, 5.41) is 10.4. The van der Waals surface area contributed by atoms with Crippen molar-refractivity contribution in [2.45, 2.75) is 33.7 Å². The van der Waals surface area contributed by atoms with Gasteiger partial charge < -0.3 is 14.7 Å². The summed E-state index contributed by atoms with van der Waals surface area (Å²) in [6.45, 7) is 7.47. The predicted octanol–water partition coefficient (Wildman–Crippen LogP) is 4.20. The lowest BCUT2D eigenvalue weighted by Gasteiger charge is -2.23. The monoisotopic (exact) mass is 345 g/mol. The van der Waals surface area contributed by atoms with Gasteiger partial charge >= 0.3 is 0 Å². The van der Waals surface area contributed by atoms with Crippen molar-refractivity contribution in [3.63, 3.8) is 0 Å². The smallest absolute Gasteiger partial charge is 0.225 e. The maximum atomic E-state index is 12.5. The number of hydrogen-bond acceptors (Lipinski definition) is 4. The van der Waals surface area contributed by atoms with E-state index in [4.69, 9.17) is 4.74 Å². The summed E-state index contributed by atoms with van der Waals surface area (Å²) >= 11 is 1.69. The zero-order chi connectivity index (χ0) is 17.3. The fourth-order valence-electron chi connectivity index (χ4n) is 2.91. The van der Waals surface area contributed by atoms with Gasteiger partial charge in [-0.3, -0.25) is 4.79 Å². The molecule has 1 N–H and O–H groups in total. The molecule has 0 bridgehead atoms. The molecule has 2 aromatic rings. The van der Waals surface area contributed by atoms with Crippen LogP contribution in [0.2, 0.25) is 0 Å². The third kappa shape index (κ3) is 3.26. The fourth-order valence-corrected chi connectivity index (χ4v) is 3.76. The van der Waals surface area contributed by atoms with E-state index < -0.39 is 0 Å². The Morgan fingerprint density at radius 2 is 2.21 bits per heavy atom. The molecule has 2 heterocycles. The van der Waals surface area contributed by atoms with Crippen LogP contribution in [0.25, 0.3) is 10.4 Å². The van der Waals surface area contributed by atoms with Crippen LogP contribution in [0.4, 0.5) is 0 Å². The molecule has 1 aromatic carbocycles. The molecule has 4 nitrogen and oxygen atoms in total. The number of phenolic OH excluding ortho intramolecular Hbond substituents is 1. The van der Waals surface area contributed by atoms with Crippen LogP contribution >= 0.6 is 11.3 Å². The van der Waals surface area contributed by atoms with Crippen LogP contribution in [-0.4, -0.2) is 29.1 Å². The third-order valence-electron chi connectivity index (χ3n) is 4.49. The Morgan fingerprint density at radius 3 is 2.88 bits per heavy atom. The Bertz CT molecular complexity index is 753. The topological polar surface area (TPSA) is 49.8 Å². The summed E-state index contributed by atoms with van der Waals surface area (Å²) in [5.41, 5.74) is 1.83. The van der Waals surface area contributed by atoms with E-state index in [9.17, 15) is 9.90 Å². The first kappa shape index (κ1) is 16.8. The zero-order valence-corrected chi connectivity index (χ0v) is 15.2. The maximum Gasteiger partial charge on any atom is 0.225 e. The number of phenols is 1. The summed E-state index contributed by atoms with van der Waals surface area (Å²) in [5.74, 6) is 0.798. The molecule has 0 saturated carbocycles. The predicted molar refractivity (Wildman–Crippen MR) is 96.5 cm³/mol. The first-order valence-electron chi connectivity index (χ1n) is 8.34. The standard InChI is InChI=1S/C19H23NO3S/c1-4-12(2)19(22)20-7-8-23-18-15(11-20)9-14(10-16(18)21)17-6-5-13(3)24-17/h5-6,9-10,12,21H,4,7-8,11H2,1-3H3. The highest BCUT2D eigenvalue weighted by atomic mass is 32.1. The quantitative estimate of drug-likeness (QED) is 0.907. The van der Waals surface area contributed by atoms with E-state index in [1.807, 2.05) is 24.8 Å². The molecule has 3 rings (SSSR count). The Morgan fingerprint density at radius 1 is 1.42 bits per heavy atom. The van der Waals surface area contributed by atoms with Gasteiger partial charge in [0.05, 0.1) is 6.54 Å². The molecule has 0 aliphatic carbocycles. The summed E-state index contributed by atoms with van der Waals surface area (Å²) in [4.78, 5) is 16.7. The van der Waals surface area contributed by atoms with Gasteiger partial charge in [0, 0.05) is 27.8 Å². The van der Waals surface area contributed by atoms with Crippen LogP contribution in [-0.2, 0) is 11.3 Å². The summed E-state index contributed by atoms with van der Waals surface area (Å²) < 4.78 is 5.73. The maximum absolute atomic E-state index is 12.5. The largest absolute Gasteiger partial charge is 0.504 e. The van der Waals surface area contributed by atoms with E-state index in [0.717, 1.165) is 22.4 Å². The van der Waals surface area contributed by atoms with E-state index in [1.165, 1.54) is 4.88 Å². The van der Waals surface area contributed by atoms with Gasteiger partial charge in [-0.2, -0.15) is 0 Å². The number of rotatable bonds is 3. The fraction of sp³-hybridized carbons (Fsp3) is 0.421. The second-order valence-electron chi connectivity index (χ2n) is 6.31. The van der Waals surface area contributed by atoms with Crippen LogP contribution in [0.1, 0.15) is 30.7 Å². The Hall–Kier alpha value is -2.01. The van der Waals surface area contributed by atoms with Crippen molar-refractivity contribution in [1.29, 1.82) is 0 Å². The molecule has 0 spiro atoms. The normalized spacial score (nSPS) is 15.4. The number of aryl methyl sites for hydroxylation is 1. The van der Waals surface area contributed by atoms with Gasteiger partial charge in [0.1, 0.15) is 6.61 Å². The van der Waals surface area contributed by atoms with E-state index >= 15 is 0 Å². The Balaban J connectivity index is 1.95. The second-order valence-corrected chi connectivity index (χ2v) is 7.60. The molecule has 1 atom stereocenters. The van der Waals surface area contributed by atoms with Gasteiger partial charge in [0.15, 0.2) is 11.5 Å². The number of fused-ring (bicyclic) bond motifs is 1. The number of carbonyl (C=O) groups is 1. The number of aromatic hydroxyl groups is 1. The molecule has 0 radical (unpaired) electrons. The zero-order valence-electron chi connectivity index (χ0n) is 14.3. The number of hydrogen-bond donors (Lipinski definition) is 1. The minimum Gasteiger partial charge on any atom is -0.504 e. The SMILES string of the molecule is CCC(C)C(=O)N1CCOc2c(O)cc(-c3ccc(C)s3)cc2C1. The van der Waals surface area contributed by atoms with Crippen molar-refractivity contribution in [2.75, 3.05) is 13.2 Å². The van der Waals surface area contributed by atoms with Gasteiger partial charge in [0.2, 0.25) is 5.91 Å². The van der Waals surface area contributed by atoms with Crippen molar-refractivity contribution < 1.29 is 14.6 Å². The van der Waals surface area contributed by atoms with Gasteiger partial charge in [-0.15, -0.1) is 11.3 Å². The highest BCUT2D eigenvalue weighted by Crippen LogP contribution is 2.39. The molecule has 1 amide bonds. The third-order valence-corrected chi connectivity index (χ3v) is 5.54. The number of amides is 1. The Kier molecular flexibility index (Phi) is 4.81. The molecule has 5 heteroatoms. The second kappa shape index (κ2) is 6.85. The molecule has 1 aliphatic heterocycles. The molecule has 1 aliphatic rings. The van der Waals surface area contributed by atoms with Gasteiger partial charge in [-0.05, 0) is 43.2 Å². The Labute approximate surface area is 146 Å². The average molecular weight is 345 g/mol. The lowest BCUT2D eigenvalue weighted by atomic mass is 10.0. The van der Waals surface area contributed by atoms with Crippen molar-refractivity contribution in [2.24, 2.45) is 5.92 Å². The van der Waals surface area contributed by atoms with Crippen molar-refractivity contribution in [3.05, 3.63) is 34.7 Å². The van der Waals surface area contributed by atoms with Crippen LogP contribution in [0.5, 0.6) is 11.5 Å². The van der Waals surface area contributed by atoms with Crippen molar-refractivity contribution in [1.82, 2.24) is 4.90 Å². The minimum atomic E-state index is 0.00303. The molecule has 0 saturated heterocycles. The van der Waals surface area contributed by atoms with E-state index in [-0.39, 0.29) is 17.6 Å². The first-order chi connectivity index (χ1) is 11.5. The van der Waals surface area contributed by atoms with Crippen LogP contribution in [0.3, 0.4) is 0 Å². The molecule has 24 heavy (non-hydrogen) atoms. The van der Waals surface area contributed by atoms with E-state index in [0.29, 0.717) is 25.4 Å². The lowest BCUT2D eigenvalue weighted by Crippen LogP contribution is -2.36. The molecule has 1 unspecified atom stereocenters. The summed E-state index contributed by atoms with van der Waals surface area (Å²) in [7, 11) is 0. The first-order valence-corrected chi connectivity index (χ1v) is 9.15. The molecular weight excluding hydrogens is 322 g/mol. The molecule has 0 fully saturated rings. The number of ether oxygens (including phenoxy) is 1. The highest BCUT2D eigenvalue weighted by Gasteiger charge is 2.25. The van der Waals surface area contributed by atoms with Gasteiger partial charge in [-0.1, -0.05) is 13.8 Å². The van der Waals surface area contributed by atoms with Gasteiger partial charge in [0.25, 0.3) is 0 Å². The summed E-state index contributed by atoms with van der Waals surface area (Å²) in [6, 6.07) is 7.90. The van der Waals surface area contributed by atoms with Crippen LogP contribution in [0, 0.1) is 12.8 Å². The van der Waals surface area contributed by atoms with E-state index in [2.05, 4.69) is 19.1 Å². The number of nitrogens with zero attached hydrogens (tertiary/aromatic N) is 1.